The fraction of sp³-hybridized carbons (Fsp3) is 0.462. The summed E-state index contributed by atoms with van der Waals surface area (Å²) in [6.07, 6.45) is 3.05. The van der Waals surface area contributed by atoms with Crippen LogP contribution in [-0.4, -0.2) is 26.4 Å². The van der Waals surface area contributed by atoms with Crippen LogP contribution in [0.1, 0.15) is 102 Å². The van der Waals surface area contributed by atoms with Crippen molar-refractivity contribution in [3.63, 3.8) is 0 Å². The second-order valence-electron chi connectivity index (χ2n) is 17.5. The predicted octanol–water partition coefficient (Wildman–Crippen LogP) is 16.3. The van der Waals surface area contributed by atoms with E-state index in [0.29, 0.717) is 67.0 Å². The van der Waals surface area contributed by atoms with Crippen molar-refractivity contribution in [3.8, 4) is 17.2 Å². The first kappa shape index (κ1) is 59.6. The van der Waals surface area contributed by atoms with Gasteiger partial charge < -0.3 is 69.5 Å². The van der Waals surface area contributed by atoms with Gasteiger partial charge in [-0.25, -0.2) is 0 Å². The van der Waals surface area contributed by atoms with Crippen LogP contribution in [0.5, 0.6) is 17.2 Å². The summed E-state index contributed by atoms with van der Waals surface area (Å²) in [5, 5.41) is 0. The second kappa shape index (κ2) is 31.6. The van der Waals surface area contributed by atoms with E-state index in [2.05, 4.69) is 138 Å². The summed E-state index contributed by atoms with van der Waals surface area (Å²) < 4.78 is 26.8. The first-order valence-corrected chi connectivity index (χ1v) is 27.0. The van der Waals surface area contributed by atoms with E-state index >= 15 is 0 Å². The summed E-state index contributed by atoms with van der Waals surface area (Å²) in [4.78, 5) is 4.16. The molecule has 0 spiro atoms. The maximum atomic E-state index is 6.05. The van der Waals surface area contributed by atoms with Crippen molar-refractivity contribution in [1.29, 1.82) is 0 Å². The Morgan fingerprint density at radius 1 is 0.431 bits per heavy atom. The number of aryl methyl sites for hydroxylation is 4. The molecule has 0 amide bonds. The Labute approximate surface area is 442 Å². The first-order valence-electron chi connectivity index (χ1n) is 22.1. The molecule has 0 saturated heterocycles. The zero-order valence-corrected chi connectivity index (χ0v) is 47.6. The zero-order chi connectivity index (χ0) is 47.3. The Bertz CT molecular complexity index is 1820. The van der Waals surface area contributed by atoms with Gasteiger partial charge in [0.05, 0.1) is 41.1 Å². The molecule has 0 heterocycles. The molecule has 0 fully saturated rings. The molecule has 0 aromatic heterocycles. The topological polar surface area (TPSA) is 36.9 Å². The van der Waals surface area contributed by atoms with Gasteiger partial charge in [-0.2, -0.15) is 0 Å². The Kier molecular flexibility index (Phi) is 29.0. The molecule has 13 heteroatoms. The molecule has 65 heavy (non-hydrogen) atoms. The maximum Gasteiger partial charge on any atom is 0.133 e. The van der Waals surface area contributed by atoms with Crippen molar-refractivity contribution >= 4 is 97.6 Å². The molecule has 4 rings (SSSR count). The van der Waals surface area contributed by atoms with Crippen LogP contribution in [0, 0.1) is 51.4 Å². The summed E-state index contributed by atoms with van der Waals surface area (Å²) in [5.74, 6) is 4.92. The van der Waals surface area contributed by atoms with Crippen LogP contribution in [0.2, 0.25) is 0 Å². The van der Waals surface area contributed by atoms with Gasteiger partial charge in [-0.05, 0) is 141 Å². The van der Waals surface area contributed by atoms with Gasteiger partial charge in [0.1, 0.15) is 17.2 Å². The number of hydrogen-bond donors (Lipinski definition) is 0. The number of rotatable bonds is 24. The summed E-state index contributed by atoms with van der Waals surface area (Å²) >= 11 is 29.0. The quantitative estimate of drug-likeness (QED) is 0.0381. The molecule has 4 aromatic rings. The van der Waals surface area contributed by atoms with Crippen LogP contribution < -0.4 is 14.2 Å². The molecule has 4 nitrogen and oxygen atoms in total. The Morgan fingerprint density at radius 3 is 1.03 bits per heavy atom. The summed E-state index contributed by atoms with van der Waals surface area (Å²) in [7, 11) is 0. The molecule has 0 aliphatic carbocycles. The third kappa shape index (κ3) is 23.6. The van der Waals surface area contributed by atoms with Gasteiger partial charge in [-0.15, -0.1) is 64.0 Å². The SMILES string of the molecule is Cc1ccc(COCC(C)C)c(S/C([S-])=C(/[S-])Sc2cc(C)ccc2OCCC(C)C)c1.Cc1ccc(OCCC(C)C)c(S/C([S-])=C(/[S-])Sc2cc(C)ccc2OCCC(C)C)c1.[Ni]. The van der Waals surface area contributed by atoms with Crippen molar-refractivity contribution in [1.82, 2.24) is 0 Å². The number of hydrogen-bond acceptors (Lipinski definition) is 12. The molecule has 0 atom stereocenters. The van der Waals surface area contributed by atoms with Gasteiger partial charge in [0.15, 0.2) is 0 Å². The van der Waals surface area contributed by atoms with Gasteiger partial charge in [-0.1, -0.05) is 85.7 Å². The largest absolute Gasteiger partial charge is 0.774 e. The molecule has 0 unspecified atom stereocenters. The average molecular weight is 1070 g/mol. The fourth-order valence-electron chi connectivity index (χ4n) is 5.50. The van der Waals surface area contributed by atoms with E-state index in [1.807, 2.05) is 18.2 Å². The molecule has 0 aliphatic rings. The summed E-state index contributed by atoms with van der Waals surface area (Å²) in [6, 6.07) is 25.0. The minimum absolute atomic E-state index is 0. The van der Waals surface area contributed by atoms with Crippen molar-refractivity contribution in [2.75, 3.05) is 26.4 Å². The van der Waals surface area contributed by atoms with Gasteiger partial charge >= 0.3 is 0 Å². The van der Waals surface area contributed by atoms with Gasteiger partial charge in [0.2, 0.25) is 0 Å². The first-order chi connectivity index (χ1) is 30.3. The van der Waals surface area contributed by atoms with E-state index in [1.54, 1.807) is 11.8 Å². The Balaban J connectivity index is 0.000000440. The summed E-state index contributed by atoms with van der Waals surface area (Å²) in [5.41, 5.74) is 5.85. The van der Waals surface area contributed by atoms with E-state index < -0.39 is 0 Å². The minimum Gasteiger partial charge on any atom is -0.774 e. The number of benzene rings is 4. The molecule has 4 aromatic carbocycles. The van der Waals surface area contributed by atoms with Crippen LogP contribution >= 0.6 is 47.0 Å². The zero-order valence-electron chi connectivity index (χ0n) is 40.1. The van der Waals surface area contributed by atoms with Crippen molar-refractivity contribution in [2.24, 2.45) is 23.7 Å². The molecular weight excluding hydrogens is 1000 g/mol. The predicted molar refractivity (Wildman–Crippen MR) is 291 cm³/mol. The van der Waals surface area contributed by atoms with Gasteiger partial charge in [-0.3, -0.25) is 0 Å². The molecule has 0 N–H and O–H groups in total. The standard InChI is InChI=1S/2C26H36O2S4.Ni/c1-17(2)11-13-27-21-9-7-19(5)15-23(21)31-25(29)26(30)32-24-16-20(6)8-10-22(24)28-14-12-18(3)4;1-17(2)11-12-28-22-10-8-20(6)14-24(22)32-26(30)25(29)31-23-13-19(5)7-9-21(23)16-27-15-18(3)4;/h7-10,15-18,29-30H,11-14H2,1-6H3;7-10,13-14,17-18,29-30H,11-12,15-16H2,1-6H3;/p-4/b2*26-25-;. The third-order valence-electron chi connectivity index (χ3n) is 9.23. The monoisotopic (exact) mass is 1070 g/mol. The van der Waals surface area contributed by atoms with E-state index in [0.717, 1.165) is 68.3 Å². The van der Waals surface area contributed by atoms with Crippen LogP contribution in [-0.2, 0) is 78.4 Å². The minimum atomic E-state index is 0. The second-order valence-corrected chi connectivity index (χ2v) is 24.4. The normalized spacial score (nSPS) is 12.1. The van der Waals surface area contributed by atoms with Gasteiger partial charge in [0, 0.05) is 28.0 Å². The maximum absolute atomic E-state index is 6.05. The fourth-order valence-corrected chi connectivity index (χ4v) is 10.6. The molecule has 0 radical (unpaired) electrons. The van der Waals surface area contributed by atoms with Gasteiger partial charge in [0.25, 0.3) is 0 Å². The Hall–Kier alpha value is -1.51. The third-order valence-corrected chi connectivity index (χ3v) is 15.9. The number of thioether (sulfide) groups is 4. The van der Waals surface area contributed by atoms with E-state index in [1.165, 1.54) is 57.5 Å². The molecule has 0 saturated carbocycles. The summed E-state index contributed by atoms with van der Waals surface area (Å²) in [6.45, 7) is 29.2. The molecular formula is C52H68NiO4S8-4. The molecule has 0 bridgehead atoms. The molecule has 0 aliphatic heterocycles. The Morgan fingerprint density at radius 2 is 0.723 bits per heavy atom. The van der Waals surface area contributed by atoms with E-state index in [4.69, 9.17) is 69.5 Å². The van der Waals surface area contributed by atoms with Crippen LogP contribution in [0.3, 0.4) is 0 Å². The average Bonchev–Trinajstić information content (AvgIpc) is 3.21. The number of ether oxygens (including phenoxy) is 4. The van der Waals surface area contributed by atoms with Crippen molar-refractivity contribution in [3.05, 3.63) is 118 Å². The van der Waals surface area contributed by atoms with Crippen molar-refractivity contribution < 1.29 is 35.4 Å². The van der Waals surface area contributed by atoms with E-state index in [-0.39, 0.29) is 16.5 Å². The van der Waals surface area contributed by atoms with Crippen LogP contribution in [0.15, 0.2) is 109 Å². The molecule has 362 valence electrons. The van der Waals surface area contributed by atoms with Crippen LogP contribution in [0.4, 0.5) is 0 Å². The van der Waals surface area contributed by atoms with Crippen LogP contribution in [0.25, 0.3) is 0 Å². The smallest absolute Gasteiger partial charge is 0.133 e. The van der Waals surface area contributed by atoms with E-state index in [9.17, 15) is 0 Å². The van der Waals surface area contributed by atoms with Crippen molar-refractivity contribution in [2.45, 2.75) is 129 Å².